The van der Waals surface area contributed by atoms with Gasteiger partial charge in [-0.3, -0.25) is 0 Å². The summed E-state index contributed by atoms with van der Waals surface area (Å²) in [5.74, 6) is 0. The molecule has 0 aliphatic carbocycles. The SMILES string of the molecule is C/C=C(\C)N1CCN(C(=O)OCc2ccc(COC(=O)N3CCN(/C(C)=C/C)CC3)cc2)CC1. The molecule has 1 aromatic rings. The lowest BCUT2D eigenvalue weighted by Crippen LogP contribution is -2.48. The Balaban J connectivity index is 1.37. The van der Waals surface area contributed by atoms with Crippen LogP contribution in [0.25, 0.3) is 0 Å². The van der Waals surface area contributed by atoms with Gasteiger partial charge in [0.1, 0.15) is 13.2 Å². The van der Waals surface area contributed by atoms with Gasteiger partial charge in [0.25, 0.3) is 0 Å². The van der Waals surface area contributed by atoms with E-state index in [1.807, 2.05) is 38.1 Å². The molecule has 0 atom stereocenters. The van der Waals surface area contributed by atoms with Crippen LogP contribution in [-0.4, -0.2) is 84.1 Å². The molecular formula is C26H38N4O4. The van der Waals surface area contributed by atoms with E-state index in [1.165, 1.54) is 11.4 Å². The second-order valence-corrected chi connectivity index (χ2v) is 8.73. The largest absolute Gasteiger partial charge is 0.445 e. The van der Waals surface area contributed by atoms with E-state index in [1.54, 1.807) is 9.80 Å². The predicted octanol–water partition coefficient (Wildman–Crippen LogP) is 4.04. The van der Waals surface area contributed by atoms with Crippen LogP contribution in [0.3, 0.4) is 0 Å². The van der Waals surface area contributed by atoms with Gasteiger partial charge >= 0.3 is 12.2 Å². The summed E-state index contributed by atoms with van der Waals surface area (Å²) in [7, 11) is 0. The van der Waals surface area contributed by atoms with E-state index in [-0.39, 0.29) is 25.4 Å². The molecule has 0 saturated carbocycles. The summed E-state index contributed by atoms with van der Waals surface area (Å²) in [6, 6.07) is 7.62. The van der Waals surface area contributed by atoms with Gasteiger partial charge in [-0.05, 0) is 38.8 Å². The minimum atomic E-state index is -0.277. The van der Waals surface area contributed by atoms with E-state index in [2.05, 4.69) is 35.8 Å². The van der Waals surface area contributed by atoms with Gasteiger partial charge in [0.05, 0.1) is 0 Å². The van der Waals surface area contributed by atoms with Crippen molar-refractivity contribution >= 4 is 12.2 Å². The molecule has 8 nitrogen and oxygen atoms in total. The van der Waals surface area contributed by atoms with Gasteiger partial charge in [-0.25, -0.2) is 9.59 Å². The van der Waals surface area contributed by atoms with Crippen LogP contribution in [0.4, 0.5) is 9.59 Å². The topological polar surface area (TPSA) is 65.6 Å². The van der Waals surface area contributed by atoms with Crippen LogP contribution in [0.1, 0.15) is 38.8 Å². The molecule has 8 heteroatoms. The minimum absolute atomic E-state index is 0.225. The van der Waals surface area contributed by atoms with Gasteiger partial charge < -0.3 is 29.1 Å². The van der Waals surface area contributed by atoms with Crippen LogP contribution in [0.5, 0.6) is 0 Å². The number of carbonyl (C=O) groups excluding carboxylic acids is 2. The highest BCUT2D eigenvalue weighted by atomic mass is 16.6. The summed E-state index contributed by atoms with van der Waals surface area (Å²) >= 11 is 0. The number of carbonyl (C=O) groups is 2. The van der Waals surface area contributed by atoms with Crippen LogP contribution in [-0.2, 0) is 22.7 Å². The molecule has 2 saturated heterocycles. The number of rotatable bonds is 6. The third kappa shape index (κ3) is 6.92. The second kappa shape index (κ2) is 12.3. The first-order valence-electron chi connectivity index (χ1n) is 12.1. The van der Waals surface area contributed by atoms with Gasteiger partial charge in [0.15, 0.2) is 0 Å². The zero-order chi connectivity index (χ0) is 24.5. The first-order chi connectivity index (χ1) is 16.4. The second-order valence-electron chi connectivity index (χ2n) is 8.73. The zero-order valence-corrected chi connectivity index (χ0v) is 21.0. The number of ether oxygens (including phenoxy) is 2. The molecule has 2 aliphatic heterocycles. The Kier molecular flexibility index (Phi) is 9.24. The molecule has 3 rings (SSSR count). The molecule has 186 valence electrons. The van der Waals surface area contributed by atoms with Crippen molar-refractivity contribution in [2.75, 3.05) is 52.4 Å². The van der Waals surface area contributed by atoms with Crippen LogP contribution in [0.2, 0.25) is 0 Å². The van der Waals surface area contributed by atoms with Crippen LogP contribution < -0.4 is 0 Å². The van der Waals surface area contributed by atoms with Gasteiger partial charge in [-0.2, -0.15) is 0 Å². The molecule has 0 radical (unpaired) electrons. The summed E-state index contributed by atoms with van der Waals surface area (Å²) in [4.78, 5) is 32.8. The molecule has 0 aromatic heterocycles. The Morgan fingerprint density at radius 3 is 1.24 bits per heavy atom. The number of benzene rings is 1. The predicted molar refractivity (Wildman–Crippen MR) is 132 cm³/mol. The summed E-state index contributed by atoms with van der Waals surface area (Å²) in [6.45, 7) is 14.6. The molecule has 2 aliphatic rings. The van der Waals surface area contributed by atoms with Crippen molar-refractivity contribution in [1.82, 2.24) is 19.6 Å². The minimum Gasteiger partial charge on any atom is -0.445 e. The third-order valence-corrected chi connectivity index (χ3v) is 6.66. The molecule has 0 unspecified atom stereocenters. The quantitative estimate of drug-likeness (QED) is 0.625. The molecule has 0 N–H and O–H groups in total. The van der Waals surface area contributed by atoms with Crippen molar-refractivity contribution in [3.05, 3.63) is 58.9 Å². The van der Waals surface area contributed by atoms with Crippen molar-refractivity contribution in [1.29, 1.82) is 0 Å². The molecule has 1 aromatic carbocycles. The number of piperazine rings is 2. The fourth-order valence-electron chi connectivity index (χ4n) is 4.05. The molecule has 0 bridgehead atoms. The Labute approximate surface area is 203 Å². The molecule has 2 amide bonds. The lowest BCUT2D eigenvalue weighted by Gasteiger charge is -2.35. The number of nitrogens with zero attached hydrogens (tertiary/aromatic N) is 4. The molecule has 2 heterocycles. The average molecular weight is 471 g/mol. The van der Waals surface area contributed by atoms with Crippen molar-refractivity contribution in [2.24, 2.45) is 0 Å². The Hall–Kier alpha value is -3.16. The van der Waals surface area contributed by atoms with Crippen molar-refractivity contribution in [3.8, 4) is 0 Å². The highest BCUT2D eigenvalue weighted by Crippen LogP contribution is 2.13. The first-order valence-corrected chi connectivity index (χ1v) is 12.1. The van der Waals surface area contributed by atoms with Gasteiger partial charge in [0, 0.05) is 63.8 Å². The first kappa shape index (κ1) is 25.5. The third-order valence-electron chi connectivity index (χ3n) is 6.66. The summed E-state index contributed by atoms with van der Waals surface area (Å²) in [5, 5.41) is 0. The smallest absolute Gasteiger partial charge is 0.410 e. The van der Waals surface area contributed by atoms with Crippen LogP contribution >= 0.6 is 0 Å². The molecule has 34 heavy (non-hydrogen) atoms. The highest BCUT2D eigenvalue weighted by Gasteiger charge is 2.23. The van der Waals surface area contributed by atoms with E-state index >= 15 is 0 Å². The van der Waals surface area contributed by atoms with Gasteiger partial charge in [-0.15, -0.1) is 0 Å². The number of hydrogen-bond acceptors (Lipinski definition) is 6. The Morgan fingerprint density at radius 1 is 0.647 bits per heavy atom. The van der Waals surface area contributed by atoms with E-state index in [0.717, 1.165) is 37.3 Å². The summed E-state index contributed by atoms with van der Waals surface area (Å²) in [6.07, 6.45) is 3.62. The maximum absolute atomic E-state index is 12.4. The van der Waals surface area contributed by atoms with E-state index in [9.17, 15) is 9.59 Å². The maximum atomic E-state index is 12.4. The standard InChI is InChI=1S/C26H38N4O4/c1-5-21(3)27-11-15-29(16-12-27)25(31)33-19-23-7-9-24(10-8-23)20-34-26(32)30-17-13-28(14-18-30)22(4)6-2/h5-10H,11-20H2,1-4H3/b21-5+,22-6+. The number of amides is 2. The maximum Gasteiger partial charge on any atom is 0.410 e. The van der Waals surface area contributed by atoms with Crippen molar-refractivity contribution in [3.63, 3.8) is 0 Å². The van der Waals surface area contributed by atoms with Crippen LogP contribution in [0.15, 0.2) is 47.8 Å². The highest BCUT2D eigenvalue weighted by molar-refractivity contribution is 5.68. The van der Waals surface area contributed by atoms with Gasteiger partial charge in [0.2, 0.25) is 0 Å². The Morgan fingerprint density at radius 2 is 0.941 bits per heavy atom. The lowest BCUT2D eigenvalue weighted by molar-refractivity contribution is 0.0768. The molecule has 0 spiro atoms. The molecular weight excluding hydrogens is 432 g/mol. The summed E-state index contributed by atoms with van der Waals surface area (Å²) < 4.78 is 11.0. The number of allylic oxidation sites excluding steroid dienone is 4. The van der Waals surface area contributed by atoms with E-state index < -0.39 is 0 Å². The fourth-order valence-corrected chi connectivity index (χ4v) is 4.05. The zero-order valence-electron chi connectivity index (χ0n) is 21.0. The van der Waals surface area contributed by atoms with E-state index in [4.69, 9.17) is 9.47 Å². The van der Waals surface area contributed by atoms with Crippen LogP contribution in [0, 0.1) is 0 Å². The lowest BCUT2D eigenvalue weighted by atomic mass is 10.1. The number of hydrogen-bond donors (Lipinski definition) is 0. The van der Waals surface area contributed by atoms with Crippen molar-refractivity contribution < 1.29 is 19.1 Å². The van der Waals surface area contributed by atoms with Crippen molar-refractivity contribution in [2.45, 2.75) is 40.9 Å². The average Bonchev–Trinajstić information content (AvgIpc) is 2.90. The summed E-state index contributed by atoms with van der Waals surface area (Å²) in [5.41, 5.74) is 4.28. The van der Waals surface area contributed by atoms with E-state index in [0.29, 0.717) is 26.2 Å². The van der Waals surface area contributed by atoms with Gasteiger partial charge in [-0.1, -0.05) is 36.4 Å². The fraction of sp³-hybridized carbons (Fsp3) is 0.538. The molecule has 2 fully saturated rings. The normalized spacial score (nSPS) is 17.6. The monoisotopic (exact) mass is 470 g/mol. The Bertz CT molecular complexity index is 808.